The zero-order chi connectivity index (χ0) is 12.4. The number of carbonyl (C=O) groups is 3. The number of aldehydes is 2. The van der Waals surface area contributed by atoms with Gasteiger partial charge in [-0.2, -0.15) is 0 Å². The van der Waals surface area contributed by atoms with E-state index in [0.717, 1.165) is 0 Å². The Labute approximate surface area is 96.5 Å². The molecule has 0 saturated heterocycles. The van der Waals surface area contributed by atoms with Gasteiger partial charge in [0.1, 0.15) is 0 Å². The third-order valence-corrected chi connectivity index (χ3v) is 2.58. The van der Waals surface area contributed by atoms with Crippen LogP contribution < -0.4 is 0 Å². The van der Waals surface area contributed by atoms with Crippen molar-refractivity contribution in [3.63, 3.8) is 0 Å². The second-order valence-corrected chi connectivity index (χ2v) is 3.52. The van der Waals surface area contributed by atoms with E-state index in [-0.39, 0.29) is 16.7 Å². The number of hydrogen-bond acceptors (Lipinski definition) is 3. The summed E-state index contributed by atoms with van der Waals surface area (Å²) in [5.74, 6) is -1.22. The quantitative estimate of drug-likeness (QED) is 0.817. The van der Waals surface area contributed by atoms with Crippen LogP contribution in [0.3, 0.4) is 0 Å². The predicted molar refractivity (Wildman–Crippen MR) is 61.7 cm³/mol. The first kappa shape index (κ1) is 11.0. The summed E-state index contributed by atoms with van der Waals surface area (Å²) in [5.41, 5.74) is -0.109. The number of rotatable bonds is 3. The molecule has 84 valence electrons. The summed E-state index contributed by atoms with van der Waals surface area (Å²) in [7, 11) is 0. The molecule has 0 unspecified atom stereocenters. The van der Waals surface area contributed by atoms with Crippen molar-refractivity contribution < 1.29 is 19.5 Å². The molecule has 0 saturated carbocycles. The Balaban J connectivity index is 3.01. The average Bonchev–Trinajstić information content (AvgIpc) is 2.35. The van der Waals surface area contributed by atoms with Gasteiger partial charge in [0.05, 0.1) is 5.56 Å². The van der Waals surface area contributed by atoms with Gasteiger partial charge in [-0.25, -0.2) is 4.79 Å². The lowest BCUT2D eigenvalue weighted by atomic mass is 9.95. The summed E-state index contributed by atoms with van der Waals surface area (Å²) in [4.78, 5) is 33.0. The monoisotopic (exact) mass is 228 g/mol. The first-order valence-electron chi connectivity index (χ1n) is 4.88. The predicted octanol–water partition coefficient (Wildman–Crippen LogP) is 2.16. The van der Waals surface area contributed by atoms with Gasteiger partial charge in [0.25, 0.3) is 0 Å². The van der Waals surface area contributed by atoms with E-state index >= 15 is 0 Å². The van der Waals surface area contributed by atoms with Crippen LogP contribution in [0.5, 0.6) is 0 Å². The van der Waals surface area contributed by atoms with Crippen molar-refractivity contribution in [2.24, 2.45) is 0 Å². The highest BCUT2D eigenvalue weighted by molar-refractivity contribution is 6.13. The normalized spacial score (nSPS) is 10.1. The third kappa shape index (κ3) is 1.69. The van der Waals surface area contributed by atoms with Crippen LogP contribution in [-0.2, 0) is 0 Å². The molecule has 2 rings (SSSR count). The summed E-state index contributed by atoms with van der Waals surface area (Å²) < 4.78 is 0. The molecule has 17 heavy (non-hydrogen) atoms. The Bertz CT molecular complexity index is 629. The Kier molecular flexibility index (Phi) is 2.70. The smallest absolute Gasteiger partial charge is 0.337 e. The van der Waals surface area contributed by atoms with Crippen LogP contribution in [-0.4, -0.2) is 23.6 Å². The van der Waals surface area contributed by atoms with Gasteiger partial charge in [0.2, 0.25) is 0 Å². The van der Waals surface area contributed by atoms with Gasteiger partial charge >= 0.3 is 5.97 Å². The summed E-state index contributed by atoms with van der Waals surface area (Å²) in [5, 5.41) is 10.2. The third-order valence-electron chi connectivity index (χ3n) is 2.58. The Morgan fingerprint density at radius 3 is 2.41 bits per heavy atom. The van der Waals surface area contributed by atoms with E-state index in [1.807, 2.05) is 0 Å². The molecule has 0 spiro atoms. The highest BCUT2D eigenvalue weighted by Crippen LogP contribution is 2.24. The lowest BCUT2D eigenvalue weighted by Gasteiger charge is -2.07. The van der Waals surface area contributed by atoms with Gasteiger partial charge in [-0.1, -0.05) is 24.3 Å². The Morgan fingerprint density at radius 2 is 1.82 bits per heavy atom. The second kappa shape index (κ2) is 4.17. The lowest BCUT2D eigenvalue weighted by Crippen LogP contribution is -2.06. The molecule has 0 aliphatic heterocycles. The number of carbonyl (C=O) groups excluding carboxylic acids is 2. The molecule has 0 aliphatic carbocycles. The molecule has 0 amide bonds. The van der Waals surface area contributed by atoms with Crippen molar-refractivity contribution in [2.75, 3.05) is 0 Å². The van der Waals surface area contributed by atoms with Crippen LogP contribution in [0.1, 0.15) is 31.1 Å². The van der Waals surface area contributed by atoms with Gasteiger partial charge in [-0.05, 0) is 16.8 Å². The zero-order valence-corrected chi connectivity index (χ0v) is 8.71. The number of benzene rings is 2. The van der Waals surface area contributed by atoms with E-state index in [9.17, 15) is 14.4 Å². The minimum Gasteiger partial charge on any atom is -0.478 e. The standard InChI is InChI=1S/C13H8O4/c14-6-9-5-8-3-1-2-4-10(8)12(13(16)17)11(9)7-15/h1-7H,(H,16,17). The summed E-state index contributed by atoms with van der Waals surface area (Å²) in [6.07, 6.45) is 0.891. The van der Waals surface area contributed by atoms with Crippen molar-refractivity contribution in [3.8, 4) is 0 Å². The van der Waals surface area contributed by atoms with Crippen molar-refractivity contribution >= 4 is 29.3 Å². The first-order valence-corrected chi connectivity index (χ1v) is 4.88. The van der Waals surface area contributed by atoms with Gasteiger partial charge in [0.15, 0.2) is 12.6 Å². The van der Waals surface area contributed by atoms with Crippen molar-refractivity contribution in [3.05, 3.63) is 47.0 Å². The molecular weight excluding hydrogens is 220 g/mol. The maximum Gasteiger partial charge on any atom is 0.337 e. The Morgan fingerprint density at radius 1 is 1.12 bits per heavy atom. The van der Waals surface area contributed by atoms with Crippen LogP contribution in [0, 0.1) is 0 Å². The van der Waals surface area contributed by atoms with Gasteiger partial charge in [-0.15, -0.1) is 0 Å². The van der Waals surface area contributed by atoms with Crippen molar-refractivity contribution in [2.45, 2.75) is 0 Å². The number of fused-ring (bicyclic) bond motifs is 1. The van der Waals surface area contributed by atoms with E-state index in [4.69, 9.17) is 5.11 Å². The second-order valence-electron chi connectivity index (χ2n) is 3.52. The molecule has 0 bridgehead atoms. The highest BCUT2D eigenvalue weighted by atomic mass is 16.4. The molecule has 2 aromatic rings. The van der Waals surface area contributed by atoms with E-state index in [1.54, 1.807) is 24.3 Å². The fraction of sp³-hybridized carbons (Fsp3) is 0. The van der Waals surface area contributed by atoms with Crippen LogP contribution in [0.15, 0.2) is 30.3 Å². The SMILES string of the molecule is O=Cc1cc2ccccc2c(C(=O)O)c1C=O. The molecule has 0 atom stereocenters. The molecule has 0 fully saturated rings. The zero-order valence-electron chi connectivity index (χ0n) is 8.71. The molecule has 0 aromatic heterocycles. The molecule has 0 heterocycles. The summed E-state index contributed by atoms with van der Waals surface area (Å²) in [6, 6.07) is 8.25. The molecule has 0 radical (unpaired) electrons. The van der Waals surface area contributed by atoms with Crippen LogP contribution in [0.4, 0.5) is 0 Å². The molecule has 4 heteroatoms. The maximum absolute atomic E-state index is 11.2. The van der Waals surface area contributed by atoms with Crippen molar-refractivity contribution in [1.82, 2.24) is 0 Å². The van der Waals surface area contributed by atoms with Crippen LogP contribution >= 0.6 is 0 Å². The number of carboxylic acids is 1. The molecule has 1 N–H and O–H groups in total. The van der Waals surface area contributed by atoms with Gasteiger partial charge < -0.3 is 5.11 Å². The Hall–Kier alpha value is -2.49. The molecule has 4 nitrogen and oxygen atoms in total. The summed E-state index contributed by atoms with van der Waals surface area (Å²) >= 11 is 0. The number of aromatic carboxylic acids is 1. The summed E-state index contributed by atoms with van der Waals surface area (Å²) in [6.45, 7) is 0. The number of carboxylic acid groups (broad SMARTS) is 1. The van der Waals surface area contributed by atoms with Crippen molar-refractivity contribution in [1.29, 1.82) is 0 Å². The molecule has 2 aromatic carbocycles. The first-order chi connectivity index (χ1) is 8.19. The van der Waals surface area contributed by atoms with Crippen LogP contribution in [0.25, 0.3) is 10.8 Å². The number of hydrogen-bond donors (Lipinski definition) is 1. The maximum atomic E-state index is 11.2. The van der Waals surface area contributed by atoms with E-state index in [0.29, 0.717) is 23.3 Å². The average molecular weight is 228 g/mol. The fourth-order valence-electron chi connectivity index (χ4n) is 1.84. The fourth-order valence-corrected chi connectivity index (χ4v) is 1.84. The lowest BCUT2D eigenvalue weighted by molar-refractivity contribution is 0.0696. The highest BCUT2D eigenvalue weighted by Gasteiger charge is 2.17. The van der Waals surface area contributed by atoms with Crippen LogP contribution in [0.2, 0.25) is 0 Å². The topological polar surface area (TPSA) is 71.4 Å². The minimum atomic E-state index is -1.22. The van der Waals surface area contributed by atoms with Gasteiger partial charge in [0, 0.05) is 11.1 Å². The van der Waals surface area contributed by atoms with E-state index < -0.39 is 5.97 Å². The minimum absolute atomic E-state index is 0.0776. The molecule has 0 aliphatic rings. The van der Waals surface area contributed by atoms with Gasteiger partial charge in [-0.3, -0.25) is 9.59 Å². The van der Waals surface area contributed by atoms with E-state index in [2.05, 4.69) is 0 Å². The van der Waals surface area contributed by atoms with E-state index in [1.165, 1.54) is 6.07 Å². The molecular formula is C13H8O4. The largest absolute Gasteiger partial charge is 0.478 e.